The van der Waals surface area contributed by atoms with Crippen LogP contribution in [-0.4, -0.2) is 16.2 Å². The minimum atomic E-state index is -0.779. The third-order valence-corrected chi connectivity index (χ3v) is 2.82. The average Bonchev–Trinajstić information content (AvgIpc) is 2.83. The molecule has 14 heavy (non-hydrogen) atoms. The molecule has 1 aromatic carbocycles. The number of carboxylic acids is 1. The lowest BCUT2D eigenvalue weighted by Crippen LogP contribution is -1.99. The summed E-state index contributed by atoms with van der Waals surface area (Å²) in [6.07, 6.45) is 0.639. The van der Waals surface area contributed by atoms with Crippen molar-refractivity contribution in [3.8, 4) is 5.75 Å². The second kappa shape index (κ2) is 3.17. The fraction of sp³-hybridized carbons (Fsp3) is 0.300. The predicted molar refractivity (Wildman–Crippen MR) is 51.6 cm³/mol. The van der Waals surface area contributed by atoms with Crippen molar-refractivity contribution in [1.29, 1.82) is 0 Å². The number of aliphatic carboxylic acids is 1. The number of halogens is 1. The van der Waals surface area contributed by atoms with Gasteiger partial charge < -0.3 is 10.2 Å². The Hall–Kier alpha value is -1.22. The van der Waals surface area contributed by atoms with Gasteiger partial charge in [-0.25, -0.2) is 0 Å². The Kier molecular flexibility index (Phi) is 2.11. The van der Waals surface area contributed by atoms with Crippen LogP contribution in [0.3, 0.4) is 0 Å². The van der Waals surface area contributed by atoms with E-state index in [1.807, 2.05) is 0 Å². The van der Waals surface area contributed by atoms with Gasteiger partial charge in [0.1, 0.15) is 5.75 Å². The highest BCUT2D eigenvalue weighted by atomic mass is 35.5. The van der Waals surface area contributed by atoms with Crippen molar-refractivity contribution in [2.24, 2.45) is 5.92 Å². The molecule has 1 aliphatic carbocycles. The maximum absolute atomic E-state index is 10.6. The summed E-state index contributed by atoms with van der Waals surface area (Å²) < 4.78 is 0. The van der Waals surface area contributed by atoms with Crippen LogP contribution in [0.2, 0.25) is 5.02 Å². The van der Waals surface area contributed by atoms with Crippen LogP contribution >= 0.6 is 11.6 Å². The molecule has 4 heteroatoms. The van der Waals surface area contributed by atoms with Gasteiger partial charge in [0, 0.05) is 5.02 Å². The van der Waals surface area contributed by atoms with E-state index in [2.05, 4.69) is 0 Å². The van der Waals surface area contributed by atoms with E-state index < -0.39 is 5.97 Å². The SMILES string of the molecule is O=C(O)C1CC1c1ccc(O)cc1Cl. The summed E-state index contributed by atoms with van der Waals surface area (Å²) in [5, 5.41) is 18.3. The summed E-state index contributed by atoms with van der Waals surface area (Å²) in [5.41, 5.74) is 0.817. The first-order valence-electron chi connectivity index (χ1n) is 4.31. The van der Waals surface area contributed by atoms with Crippen LogP contribution in [-0.2, 0) is 4.79 Å². The van der Waals surface area contributed by atoms with Crippen LogP contribution < -0.4 is 0 Å². The third kappa shape index (κ3) is 1.55. The normalized spacial score (nSPS) is 24.6. The molecule has 2 unspecified atom stereocenters. The number of benzene rings is 1. The lowest BCUT2D eigenvalue weighted by molar-refractivity contribution is -0.138. The van der Waals surface area contributed by atoms with Crippen molar-refractivity contribution >= 4 is 17.6 Å². The van der Waals surface area contributed by atoms with Crippen LogP contribution in [0.4, 0.5) is 0 Å². The fourth-order valence-corrected chi connectivity index (χ4v) is 1.94. The second-order valence-corrected chi connectivity index (χ2v) is 3.90. The lowest BCUT2D eigenvalue weighted by atomic mass is 10.1. The molecule has 0 bridgehead atoms. The molecule has 0 spiro atoms. The number of aromatic hydroxyl groups is 1. The predicted octanol–water partition coefficient (Wildman–Crippen LogP) is 2.23. The third-order valence-electron chi connectivity index (χ3n) is 2.49. The molecule has 0 saturated heterocycles. The van der Waals surface area contributed by atoms with E-state index in [1.165, 1.54) is 12.1 Å². The van der Waals surface area contributed by atoms with Crippen LogP contribution in [0, 0.1) is 5.92 Å². The van der Waals surface area contributed by atoms with Gasteiger partial charge in [-0.3, -0.25) is 4.79 Å². The fourth-order valence-electron chi connectivity index (χ4n) is 1.63. The van der Waals surface area contributed by atoms with E-state index in [-0.39, 0.29) is 17.6 Å². The van der Waals surface area contributed by atoms with Gasteiger partial charge in [0.25, 0.3) is 0 Å². The summed E-state index contributed by atoms with van der Waals surface area (Å²) in [6.45, 7) is 0. The van der Waals surface area contributed by atoms with Gasteiger partial charge >= 0.3 is 5.97 Å². The van der Waals surface area contributed by atoms with Crippen molar-refractivity contribution in [2.75, 3.05) is 0 Å². The molecule has 1 aromatic rings. The monoisotopic (exact) mass is 212 g/mol. The smallest absolute Gasteiger partial charge is 0.307 e. The van der Waals surface area contributed by atoms with Crippen molar-refractivity contribution in [3.05, 3.63) is 28.8 Å². The van der Waals surface area contributed by atoms with Crippen LogP contribution in [0.1, 0.15) is 17.9 Å². The zero-order chi connectivity index (χ0) is 10.3. The summed E-state index contributed by atoms with van der Waals surface area (Å²) in [4.78, 5) is 10.6. The minimum Gasteiger partial charge on any atom is -0.508 e. The molecule has 1 fully saturated rings. The number of phenols is 1. The summed E-state index contributed by atoms with van der Waals surface area (Å²) in [6, 6.07) is 4.65. The molecule has 2 rings (SSSR count). The van der Waals surface area contributed by atoms with Gasteiger partial charge in [0.05, 0.1) is 5.92 Å². The van der Waals surface area contributed by atoms with E-state index in [1.54, 1.807) is 6.07 Å². The molecule has 0 aliphatic heterocycles. The minimum absolute atomic E-state index is 0.0144. The highest BCUT2D eigenvalue weighted by Gasteiger charge is 2.45. The zero-order valence-electron chi connectivity index (χ0n) is 7.27. The molecule has 2 atom stereocenters. The van der Waals surface area contributed by atoms with Gasteiger partial charge in [-0.05, 0) is 30.0 Å². The first kappa shape index (κ1) is 9.34. The largest absolute Gasteiger partial charge is 0.508 e. The van der Waals surface area contributed by atoms with E-state index in [0.717, 1.165) is 5.56 Å². The lowest BCUT2D eigenvalue weighted by Gasteiger charge is -2.02. The highest BCUT2D eigenvalue weighted by molar-refractivity contribution is 6.31. The van der Waals surface area contributed by atoms with Crippen molar-refractivity contribution in [1.82, 2.24) is 0 Å². The topological polar surface area (TPSA) is 57.5 Å². The number of hydrogen-bond donors (Lipinski definition) is 2. The van der Waals surface area contributed by atoms with Crippen molar-refractivity contribution < 1.29 is 15.0 Å². The Morgan fingerprint density at radius 2 is 2.21 bits per heavy atom. The van der Waals surface area contributed by atoms with E-state index >= 15 is 0 Å². The molecule has 0 radical (unpaired) electrons. The Balaban J connectivity index is 2.23. The van der Waals surface area contributed by atoms with E-state index in [9.17, 15) is 4.79 Å². The molecular formula is C10H9ClO3. The first-order chi connectivity index (χ1) is 6.59. The van der Waals surface area contributed by atoms with Gasteiger partial charge in [0.15, 0.2) is 0 Å². The Bertz CT molecular complexity index is 389. The molecule has 3 nitrogen and oxygen atoms in total. The van der Waals surface area contributed by atoms with Gasteiger partial charge in [-0.2, -0.15) is 0 Å². The quantitative estimate of drug-likeness (QED) is 0.791. The molecule has 0 aromatic heterocycles. The van der Waals surface area contributed by atoms with Gasteiger partial charge in [-0.1, -0.05) is 17.7 Å². The maximum Gasteiger partial charge on any atom is 0.307 e. The maximum atomic E-state index is 10.6. The highest BCUT2D eigenvalue weighted by Crippen LogP contribution is 2.50. The molecule has 0 heterocycles. The summed E-state index contributed by atoms with van der Waals surface area (Å²) >= 11 is 5.88. The van der Waals surface area contributed by atoms with Crippen LogP contribution in [0.25, 0.3) is 0 Å². The molecule has 0 amide bonds. The Morgan fingerprint density at radius 1 is 1.50 bits per heavy atom. The summed E-state index contributed by atoms with van der Waals surface area (Å²) in [5.74, 6) is -0.969. The van der Waals surface area contributed by atoms with Gasteiger partial charge in [0.2, 0.25) is 0 Å². The zero-order valence-corrected chi connectivity index (χ0v) is 8.03. The van der Waals surface area contributed by atoms with Crippen LogP contribution in [0.5, 0.6) is 5.75 Å². The Morgan fingerprint density at radius 3 is 2.71 bits per heavy atom. The molecular weight excluding hydrogens is 204 g/mol. The summed E-state index contributed by atoms with van der Waals surface area (Å²) in [7, 11) is 0. The molecule has 2 N–H and O–H groups in total. The standard InChI is InChI=1S/C10H9ClO3/c11-9-3-5(12)1-2-6(9)7-4-8(7)10(13)14/h1-3,7-8,12H,4H2,(H,13,14). The molecule has 1 aliphatic rings. The van der Waals surface area contributed by atoms with E-state index in [0.29, 0.717) is 11.4 Å². The van der Waals surface area contributed by atoms with Gasteiger partial charge in [-0.15, -0.1) is 0 Å². The second-order valence-electron chi connectivity index (χ2n) is 3.49. The average molecular weight is 213 g/mol. The first-order valence-corrected chi connectivity index (χ1v) is 4.68. The van der Waals surface area contributed by atoms with E-state index in [4.69, 9.17) is 21.8 Å². The van der Waals surface area contributed by atoms with Crippen molar-refractivity contribution in [3.63, 3.8) is 0 Å². The number of phenolic OH excluding ortho intramolecular Hbond substituents is 1. The number of hydrogen-bond acceptors (Lipinski definition) is 2. The van der Waals surface area contributed by atoms with Crippen molar-refractivity contribution in [2.45, 2.75) is 12.3 Å². The Labute approximate surface area is 85.9 Å². The number of carboxylic acid groups (broad SMARTS) is 1. The molecule has 74 valence electrons. The van der Waals surface area contributed by atoms with Crippen LogP contribution in [0.15, 0.2) is 18.2 Å². The number of rotatable bonds is 2. The number of carbonyl (C=O) groups is 1. The molecule has 1 saturated carbocycles.